The summed E-state index contributed by atoms with van der Waals surface area (Å²) in [6, 6.07) is -1.08. The SMILES string of the molecule is [2H]c1sc(C(=O)C([2H])([2H])C#N)c([2H])c1[2H].[2H]c1sc(C([2H])(O)C([2H])([2H])C([2H])([2H])NC(=O)OCC)c([2H])c1[2H]. The molecule has 1 unspecified atom stereocenters. The Balaban J connectivity index is 0.000000415. The van der Waals surface area contributed by atoms with Crippen molar-refractivity contribution in [2.24, 2.45) is 0 Å². The Hall–Kier alpha value is -2.21. The van der Waals surface area contributed by atoms with Crippen LogP contribution in [0.15, 0.2) is 34.9 Å². The fraction of sp³-hybridized carbons (Fsp3) is 0.353. The van der Waals surface area contributed by atoms with Gasteiger partial charge in [0.1, 0.15) is 0 Å². The third-order valence-electron chi connectivity index (χ3n) is 1.97. The second-order valence-corrected chi connectivity index (χ2v) is 5.21. The molecule has 0 fully saturated rings. The maximum absolute atomic E-state index is 11.4. The van der Waals surface area contributed by atoms with Crippen LogP contribution in [0.3, 0.4) is 0 Å². The van der Waals surface area contributed by atoms with Crippen molar-refractivity contribution in [3.63, 3.8) is 0 Å². The van der Waals surface area contributed by atoms with Crippen LogP contribution in [0, 0.1) is 11.3 Å². The molecule has 0 aromatic carbocycles. The zero-order chi connectivity index (χ0) is 30.0. The Morgan fingerprint density at radius 1 is 1.48 bits per heavy atom. The number of carbonyl (C=O) groups is 2. The summed E-state index contributed by atoms with van der Waals surface area (Å²) in [4.78, 5) is 21.7. The molecule has 2 rings (SSSR count). The molecule has 0 aliphatic carbocycles. The van der Waals surface area contributed by atoms with Crippen molar-refractivity contribution >= 4 is 34.6 Å². The summed E-state index contributed by atoms with van der Waals surface area (Å²) in [5, 5.41) is 19.4. The number of hydrogen-bond donors (Lipinski definition) is 2. The second-order valence-electron chi connectivity index (χ2n) is 3.58. The van der Waals surface area contributed by atoms with Crippen LogP contribution < -0.4 is 5.32 Å². The lowest BCUT2D eigenvalue weighted by Crippen LogP contribution is -2.26. The van der Waals surface area contributed by atoms with Gasteiger partial charge in [0.25, 0.3) is 0 Å². The summed E-state index contributed by atoms with van der Waals surface area (Å²) in [6.07, 6.45) is -10.7. The minimum absolute atomic E-state index is 0.0950. The first-order chi connectivity index (χ1) is 17.1. The third-order valence-corrected chi connectivity index (χ3v) is 3.37. The highest BCUT2D eigenvalue weighted by Gasteiger charge is 2.08. The lowest BCUT2D eigenvalue weighted by atomic mass is 10.2. The first-order valence-electron chi connectivity index (χ1n) is 12.9. The summed E-state index contributed by atoms with van der Waals surface area (Å²) < 4.78 is 101. The van der Waals surface area contributed by atoms with Gasteiger partial charge in [-0.05, 0) is 36.1 Å². The van der Waals surface area contributed by atoms with E-state index in [0.29, 0.717) is 22.7 Å². The van der Waals surface area contributed by atoms with E-state index >= 15 is 0 Å². The summed E-state index contributed by atoms with van der Waals surface area (Å²) in [7, 11) is 0. The Labute approximate surface area is 172 Å². The lowest BCUT2D eigenvalue weighted by molar-refractivity contribution is 0.100. The molecule has 0 aliphatic heterocycles. The second kappa shape index (κ2) is 12.2. The number of nitrogens with zero attached hydrogens (tertiary/aromatic N) is 1. The number of hydrogen-bond acceptors (Lipinski definition) is 7. The minimum Gasteiger partial charge on any atom is -0.450 e. The van der Waals surface area contributed by atoms with Gasteiger partial charge in [-0.15, -0.1) is 22.7 Å². The molecule has 2 N–H and O–H groups in total. The molecule has 0 saturated heterocycles. The molecule has 8 heteroatoms. The summed E-state index contributed by atoms with van der Waals surface area (Å²) in [6.45, 7) is -1.87. The Bertz CT molecular complexity index is 1250. The summed E-state index contributed by atoms with van der Waals surface area (Å²) in [5.41, 5.74) is 0. The van der Waals surface area contributed by atoms with E-state index in [4.69, 9.17) is 23.1 Å². The van der Waals surface area contributed by atoms with Gasteiger partial charge in [-0.3, -0.25) is 4.79 Å². The molecular formula is C17H20N2O4S2. The van der Waals surface area contributed by atoms with E-state index in [9.17, 15) is 14.7 Å². The summed E-state index contributed by atoms with van der Waals surface area (Å²) >= 11 is 0.866. The van der Waals surface area contributed by atoms with Crippen LogP contribution >= 0.6 is 22.7 Å². The van der Waals surface area contributed by atoms with Crippen LogP contribution in [0.4, 0.5) is 4.79 Å². The molecule has 0 radical (unpaired) electrons. The zero-order valence-electron chi connectivity index (χ0n) is 25.6. The Kier molecular flexibility index (Phi) is 4.12. The van der Waals surface area contributed by atoms with Crippen molar-refractivity contribution in [2.75, 3.05) is 13.1 Å². The van der Waals surface area contributed by atoms with Crippen molar-refractivity contribution in [1.29, 1.82) is 5.26 Å². The van der Waals surface area contributed by atoms with Gasteiger partial charge in [0.15, 0.2) is 5.78 Å². The van der Waals surface area contributed by atoms with Crippen LogP contribution in [-0.4, -0.2) is 30.1 Å². The van der Waals surface area contributed by atoms with Crippen LogP contribution in [-0.2, 0) is 4.74 Å². The molecule has 0 saturated carbocycles. The van der Waals surface area contributed by atoms with E-state index in [1.165, 1.54) is 13.0 Å². The van der Waals surface area contributed by atoms with E-state index in [-0.39, 0.29) is 16.8 Å². The van der Waals surface area contributed by atoms with Gasteiger partial charge >= 0.3 is 6.09 Å². The molecule has 134 valence electrons. The number of rotatable bonds is 7. The van der Waals surface area contributed by atoms with Crippen molar-refractivity contribution in [1.82, 2.24) is 5.32 Å². The van der Waals surface area contributed by atoms with Gasteiger partial charge in [0.2, 0.25) is 0 Å². The molecule has 0 aliphatic rings. The number of nitrogens with one attached hydrogen (secondary N) is 1. The number of carbonyl (C=O) groups excluding carboxylic acids is 2. The fourth-order valence-electron chi connectivity index (χ4n) is 1.05. The zero-order valence-corrected chi connectivity index (χ0v) is 14.3. The number of aliphatic hydroxyl groups is 1. The monoisotopic (exact) mass is 393 g/mol. The minimum atomic E-state index is -3.41. The average molecular weight is 394 g/mol. The van der Waals surface area contributed by atoms with Crippen molar-refractivity contribution in [2.45, 2.75) is 25.7 Å². The molecule has 1 atom stereocenters. The maximum Gasteiger partial charge on any atom is 0.407 e. The first kappa shape index (κ1) is 8.45. The molecule has 6 nitrogen and oxygen atoms in total. The molecular weight excluding hydrogens is 360 g/mol. The van der Waals surface area contributed by atoms with Gasteiger partial charge < -0.3 is 15.2 Å². The number of nitriles is 1. The number of Topliss-reactive ketones (excluding diaryl/α,β-unsaturated/α-hetero) is 1. The highest BCUT2D eigenvalue weighted by Crippen LogP contribution is 2.20. The van der Waals surface area contributed by atoms with Crippen molar-refractivity contribution < 1.29 is 37.3 Å². The first-order valence-corrected chi connectivity index (χ1v) is 8.00. The van der Waals surface area contributed by atoms with Gasteiger partial charge in [-0.2, -0.15) is 5.26 Å². The van der Waals surface area contributed by atoms with E-state index in [1.54, 1.807) is 5.32 Å². The molecule has 0 spiro atoms. The number of ketones is 1. The largest absolute Gasteiger partial charge is 0.450 e. The van der Waals surface area contributed by atoms with E-state index in [1.807, 2.05) is 0 Å². The van der Waals surface area contributed by atoms with Crippen LogP contribution in [0.25, 0.3) is 0 Å². The van der Waals surface area contributed by atoms with E-state index in [0.717, 1.165) is 0 Å². The number of thiophene rings is 2. The average Bonchev–Trinajstić information content (AvgIpc) is 3.22. The van der Waals surface area contributed by atoms with Gasteiger partial charge in [0.05, 0.1) is 42.3 Å². The van der Waals surface area contributed by atoms with Gasteiger partial charge in [-0.25, -0.2) is 4.79 Å². The van der Waals surface area contributed by atoms with Crippen LogP contribution in [0.5, 0.6) is 0 Å². The van der Waals surface area contributed by atoms with Gasteiger partial charge in [-0.1, -0.05) is 12.1 Å². The van der Waals surface area contributed by atoms with Crippen LogP contribution in [0.1, 0.15) is 58.1 Å². The van der Waals surface area contributed by atoms with Crippen molar-refractivity contribution in [3.05, 3.63) is 44.6 Å². The van der Waals surface area contributed by atoms with Crippen molar-refractivity contribution in [3.8, 4) is 6.07 Å². The molecule has 25 heavy (non-hydrogen) atoms. The quantitative estimate of drug-likeness (QED) is 0.698. The Morgan fingerprint density at radius 3 is 2.76 bits per heavy atom. The molecule has 0 bridgehead atoms. The predicted octanol–water partition coefficient (Wildman–Crippen LogP) is 3.76. The smallest absolute Gasteiger partial charge is 0.407 e. The predicted molar refractivity (Wildman–Crippen MR) is 97.8 cm³/mol. The summed E-state index contributed by atoms with van der Waals surface area (Å²) in [5.74, 6) is -1.16. The molecule has 2 heterocycles. The maximum atomic E-state index is 11.4. The topological polar surface area (TPSA) is 99.4 Å². The molecule has 1 amide bonds. The lowest BCUT2D eigenvalue weighted by Gasteiger charge is -2.09. The van der Waals surface area contributed by atoms with Gasteiger partial charge in [0, 0.05) is 16.9 Å². The fourth-order valence-corrected chi connectivity index (χ4v) is 1.96. The normalized spacial score (nSPS) is 21.2. The highest BCUT2D eigenvalue weighted by molar-refractivity contribution is 7.12. The molecule has 2 aromatic heterocycles. The van der Waals surface area contributed by atoms with E-state index < -0.39 is 71.6 Å². The van der Waals surface area contributed by atoms with Crippen LogP contribution in [0.2, 0.25) is 0 Å². The third kappa shape index (κ3) is 8.44. The number of amides is 1. The molecule has 2 aromatic rings. The highest BCUT2D eigenvalue weighted by atomic mass is 32.1. The Morgan fingerprint density at radius 2 is 2.20 bits per heavy atom. The number of ether oxygens (including phenoxy) is 1. The van der Waals surface area contributed by atoms with E-state index in [2.05, 4.69) is 4.74 Å². The standard InChI is InChI=1S/C10H15NO3S.C7H5NOS/c1-2-14-10(13)11-6-5-8(12)9-4-3-7-15-9;8-4-3-6(9)7-2-1-5-10-7/h3-4,7-8,12H,2,5-6H2,1H3,(H,11,13);1-2,5H,3H2/i3D,4D,5D2,6D2,7D,8D;1D,2D,3D2,5D. The number of alkyl carbamates (subject to hydrolysis) is 1.